The maximum atomic E-state index is 14.3. The highest BCUT2D eigenvalue weighted by molar-refractivity contribution is 5.68. The van der Waals surface area contributed by atoms with Crippen LogP contribution in [0.5, 0.6) is 0 Å². The molecule has 1 aliphatic heterocycles. The number of carbonyl (C=O) groups excluding carboxylic acids is 1. The van der Waals surface area contributed by atoms with Crippen LogP contribution in [0.15, 0.2) is 24.3 Å². The van der Waals surface area contributed by atoms with Crippen LogP contribution in [0.1, 0.15) is 58.4 Å². The first-order chi connectivity index (χ1) is 14.6. The minimum absolute atomic E-state index is 0.170. The lowest BCUT2D eigenvalue weighted by Crippen LogP contribution is -2.42. The van der Waals surface area contributed by atoms with Gasteiger partial charge in [0.1, 0.15) is 11.4 Å². The Morgan fingerprint density at radius 1 is 1.29 bits per heavy atom. The van der Waals surface area contributed by atoms with Gasteiger partial charge in [-0.05, 0) is 70.4 Å². The van der Waals surface area contributed by atoms with Crippen LogP contribution in [0.2, 0.25) is 0 Å². The van der Waals surface area contributed by atoms with Gasteiger partial charge in [0.05, 0.1) is 11.0 Å². The molecule has 31 heavy (non-hydrogen) atoms. The highest BCUT2D eigenvalue weighted by atomic mass is 19.1. The van der Waals surface area contributed by atoms with Gasteiger partial charge in [0.15, 0.2) is 0 Å². The normalized spacial score (nSPS) is 22.5. The third kappa shape index (κ3) is 6.75. The lowest BCUT2D eigenvalue weighted by molar-refractivity contribution is -0.385. The predicted molar refractivity (Wildman–Crippen MR) is 117 cm³/mol. The molecule has 8 heteroatoms. The molecule has 7 nitrogen and oxygen atoms in total. The largest absolute Gasteiger partial charge is 0.444 e. The first kappa shape index (κ1) is 23.2. The fourth-order valence-corrected chi connectivity index (χ4v) is 4.33. The van der Waals surface area contributed by atoms with E-state index in [1.54, 1.807) is 0 Å². The summed E-state index contributed by atoms with van der Waals surface area (Å²) in [6.07, 6.45) is 6.44. The van der Waals surface area contributed by atoms with Crippen molar-refractivity contribution >= 4 is 17.4 Å². The minimum Gasteiger partial charge on any atom is -0.444 e. The molecule has 1 saturated carbocycles. The zero-order chi connectivity index (χ0) is 22.6. The van der Waals surface area contributed by atoms with E-state index < -0.39 is 16.3 Å². The maximum absolute atomic E-state index is 14.3. The Morgan fingerprint density at radius 2 is 2.00 bits per heavy atom. The summed E-state index contributed by atoms with van der Waals surface area (Å²) in [5.74, 6) is 0.0486. The summed E-state index contributed by atoms with van der Waals surface area (Å²) in [5, 5.41) is 13.8. The summed E-state index contributed by atoms with van der Waals surface area (Å²) in [7, 11) is 0. The van der Waals surface area contributed by atoms with Crippen molar-refractivity contribution < 1.29 is 18.8 Å². The molecule has 1 amide bonds. The molecule has 0 radical (unpaired) electrons. The van der Waals surface area contributed by atoms with Crippen molar-refractivity contribution in [2.45, 2.75) is 64.5 Å². The van der Waals surface area contributed by atoms with E-state index >= 15 is 0 Å². The monoisotopic (exact) mass is 433 g/mol. The number of halogens is 1. The minimum atomic E-state index is -0.582. The highest BCUT2D eigenvalue weighted by Gasteiger charge is 2.26. The van der Waals surface area contributed by atoms with Crippen LogP contribution in [-0.4, -0.2) is 47.2 Å². The number of nitro groups is 1. The van der Waals surface area contributed by atoms with Gasteiger partial charge in [-0.2, -0.15) is 0 Å². The van der Waals surface area contributed by atoms with Crippen molar-refractivity contribution in [3.8, 4) is 0 Å². The van der Waals surface area contributed by atoms with E-state index in [2.05, 4.69) is 10.2 Å². The molecule has 170 valence electrons. The van der Waals surface area contributed by atoms with Crippen molar-refractivity contribution in [1.29, 1.82) is 0 Å². The highest BCUT2D eigenvalue weighted by Crippen LogP contribution is 2.30. The van der Waals surface area contributed by atoms with Gasteiger partial charge in [0, 0.05) is 37.3 Å². The van der Waals surface area contributed by atoms with Crippen molar-refractivity contribution in [3.05, 3.63) is 45.8 Å². The molecule has 1 fully saturated rings. The second-order valence-electron chi connectivity index (χ2n) is 9.52. The van der Waals surface area contributed by atoms with Gasteiger partial charge in [-0.3, -0.25) is 15.0 Å². The smallest absolute Gasteiger partial charge is 0.407 e. The zero-order valence-corrected chi connectivity index (χ0v) is 18.5. The van der Waals surface area contributed by atoms with E-state index in [0.29, 0.717) is 11.5 Å². The topological polar surface area (TPSA) is 84.7 Å². The molecule has 0 bridgehead atoms. The fourth-order valence-electron chi connectivity index (χ4n) is 4.33. The van der Waals surface area contributed by atoms with Crippen molar-refractivity contribution in [2.75, 3.05) is 19.6 Å². The van der Waals surface area contributed by atoms with Gasteiger partial charge >= 0.3 is 6.09 Å². The molecule has 0 atom stereocenters. The first-order valence-electron chi connectivity index (χ1n) is 11.0. The number of carbonyl (C=O) groups is 1. The molecule has 0 aromatic heterocycles. The number of nitrogens with zero attached hydrogens (tertiary/aromatic N) is 2. The Hall–Kier alpha value is -2.48. The van der Waals surface area contributed by atoms with Crippen molar-refractivity contribution in [1.82, 2.24) is 10.2 Å². The van der Waals surface area contributed by atoms with Gasteiger partial charge in [0.25, 0.3) is 5.69 Å². The molecule has 1 aromatic carbocycles. The Morgan fingerprint density at radius 3 is 2.55 bits per heavy atom. The van der Waals surface area contributed by atoms with E-state index in [1.165, 1.54) is 12.1 Å². The van der Waals surface area contributed by atoms with E-state index in [0.717, 1.165) is 63.4 Å². The zero-order valence-electron chi connectivity index (χ0n) is 18.5. The van der Waals surface area contributed by atoms with Crippen LogP contribution < -0.4 is 5.32 Å². The molecular weight excluding hydrogens is 401 g/mol. The van der Waals surface area contributed by atoms with Crippen LogP contribution in [0.3, 0.4) is 0 Å². The molecule has 0 saturated heterocycles. The van der Waals surface area contributed by atoms with Crippen LogP contribution in [0.4, 0.5) is 14.9 Å². The maximum Gasteiger partial charge on any atom is 0.407 e. The van der Waals surface area contributed by atoms with Crippen LogP contribution in [0, 0.1) is 21.8 Å². The summed E-state index contributed by atoms with van der Waals surface area (Å²) in [4.78, 5) is 24.5. The molecule has 1 aromatic rings. The Kier molecular flexibility index (Phi) is 7.30. The first-order valence-corrected chi connectivity index (χ1v) is 11.0. The van der Waals surface area contributed by atoms with E-state index in [9.17, 15) is 19.3 Å². The molecule has 0 unspecified atom stereocenters. The van der Waals surface area contributed by atoms with Gasteiger partial charge in [-0.1, -0.05) is 6.08 Å². The lowest BCUT2D eigenvalue weighted by Gasteiger charge is -2.34. The average Bonchev–Trinajstić information content (AvgIpc) is 2.68. The van der Waals surface area contributed by atoms with Crippen LogP contribution in [-0.2, 0) is 4.74 Å². The molecule has 3 rings (SSSR count). The number of ether oxygens (including phenoxy) is 1. The van der Waals surface area contributed by atoms with Gasteiger partial charge in [0.2, 0.25) is 0 Å². The van der Waals surface area contributed by atoms with Crippen LogP contribution >= 0.6 is 0 Å². The Labute approximate surface area is 182 Å². The second kappa shape index (κ2) is 9.77. The summed E-state index contributed by atoms with van der Waals surface area (Å²) in [6, 6.07) is 4.03. The Balaban J connectivity index is 1.45. The number of amides is 1. The van der Waals surface area contributed by atoms with Gasteiger partial charge in [-0.15, -0.1) is 0 Å². The summed E-state index contributed by atoms with van der Waals surface area (Å²) in [5.41, 5.74) is 0.656. The number of benzene rings is 1. The molecular formula is C23H32FN3O4. The molecule has 2 aliphatic rings. The van der Waals surface area contributed by atoms with Gasteiger partial charge < -0.3 is 10.1 Å². The van der Waals surface area contributed by atoms with E-state index in [4.69, 9.17) is 4.74 Å². The van der Waals surface area contributed by atoms with Crippen LogP contribution in [0.25, 0.3) is 5.57 Å². The number of nitrogens with one attached hydrogen (secondary N) is 1. The standard InChI is InChI=1S/C23H32FN3O4/c1-23(2,3)31-22(28)25-18-6-4-16(5-7-18)15-26-12-10-17(11-13-26)20-9-8-19(27(29)30)14-21(20)24/h8-10,14,16,18H,4-7,11-13,15H2,1-3H3,(H,25,28). The molecule has 1 aliphatic carbocycles. The third-order valence-corrected chi connectivity index (χ3v) is 5.89. The molecule has 0 spiro atoms. The quantitative estimate of drug-likeness (QED) is 0.527. The number of nitro benzene ring substituents is 1. The molecule has 1 heterocycles. The fraction of sp³-hybridized carbons (Fsp3) is 0.609. The summed E-state index contributed by atoms with van der Waals surface area (Å²) < 4.78 is 19.6. The number of rotatable bonds is 5. The van der Waals surface area contributed by atoms with Gasteiger partial charge in [-0.25, -0.2) is 9.18 Å². The Bertz CT molecular complexity index is 842. The lowest BCUT2D eigenvalue weighted by atomic mass is 9.85. The number of hydrogen-bond acceptors (Lipinski definition) is 5. The predicted octanol–water partition coefficient (Wildman–Crippen LogP) is 4.91. The molecule has 1 N–H and O–H groups in total. The van der Waals surface area contributed by atoms with E-state index in [-0.39, 0.29) is 17.8 Å². The number of hydrogen-bond donors (Lipinski definition) is 1. The second-order valence-corrected chi connectivity index (χ2v) is 9.52. The summed E-state index contributed by atoms with van der Waals surface area (Å²) >= 11 is 0. The van der Waals surface area contributed by atoms with Crippen molar-refractivity contribution in [3.63, 3.8) is 0 Å². The third-order valence-electron chi connectivity index (χ3n) is 5.89. The number of non-ortho nitro benzene ring substituents is 1. The SMILES string of the molecule is CC(C)(C)OC(=O)NC1CCC(CN2CC=C(c3ccc([N+](=O)[O-])cc3F)CC2)CC1. The van der Waals surface area contributed by atoms with Crippen molar-refractivity contribution in [2.24, 2.45) is 5.92 Å². The average molecular weight is 434 g/mol. The summed E-state index contributed by atoms with van der Waals surface area (Å²) in [6.45, 7) is 8.17. The van der Waals surface area contributed by atoms with E-state index in [1.807, 2.05) is 26.8 Å². The number of alkyl carbamates (subject to hydrolysis) is 1.